The fourth-order valence-corrected chi connectivity index (χ4v) is 3.43. The van der Waals surface area contributed by atoms with Gasteiger partial charge in [-0.15, -0.1) is 0 Å². The van der Waals surface area contributed by atoms with Crippen molar-refractivity contribution in [3.63, 3.8) is 0 Å². The van der Waals surface area contributed by atoms with E-state index >= 15 is 0 Å². The third-order valence-corrected chi connectivity index (χ3v) is 4.62. The van der Waals surface area contributed by atoms with Crippen LogP contribution in [-0.4, -0.2) is 25.1 Å². The number of carbonyl (C=O) groups is 1. The van der Waals surface area contributed by atoms with Gasteiger partial charge in [-0.3, -0.25) is 4.79 Å². The van der Waals surface area contributed by atoms with Crippen molar-refractivity contribution in [1.29, 1.82) is 0 Å². The smallest absolute Gasteiger partial charge is 0.170 e. The average molecular weight is 286 g/mol. The van der Waals surface area contributed by atoms with E-state index in [1.54, 1.807) is 6.26 Å². The first kappa shape index (κ1) is 12.9. The summed E-state index contributed by atoms with van der Waals surface area (Å²) in [5.74, 6) is 1.29. The summed E-state index contributed by atoms with van der Waals surface area (Å²) in [5, 5.41) is 0.942. The Morgan fingerprint density at radius 2 is 2.00 bits per heavy atom. The van der Waals surface area contributed by atoms with E-state index in [2.05, 4.69) is 0 Å². The van der Waals surface area contributed by atoms with Crippen molar-refractivity contribution in [2.75, 3.05) is 13.2 Å². The largest absolute Gasteiger partial charge is 0.488 e. The minimum atomic E-state index is -0.0335. The zero-order chi connectivity index (χ0) is 14.4. The minimum Gasteiger partial charge on any atom is -0.488 e. The second kappa shape index (κ2) is 4.88. The summed E-state index contributed by atoms with van der Waals surface area (Å²) in [6.45, 7) is 3.51. The highest BCUT2D eigenvalue weighted by atomic mass is 16.5. The van der Waals surface area contributed by atoms with E-state index in [-0.39, 0.29) is 11.9 Å². The van der Waals surface area contributed by atoms with Crippen molar-refractivity contribution >= 4 is 16.8 Å². The molecule has 2 aromatic rings. The number of rotatable bonds is 1. The minimum absolute atomic E-state index is 0.0335. The third kappa shape index (κ3) is 2.05. The Balaban J connectivity index is 1.76. The van der Waals surface area contributed by atoms with Gasteiger partial charge in [-0.05, 0) is 37.5 Å². The number of benzene rings is 1. The van der Waals surface area contributed by atoms with E-state index in [1.165, 1.54) is 0 Å². The molecule has 0 N–H and O–H groups in total. The molecule has 4 rings (SSSR count). The van der Waals surface area contributed by atoms with Gasteiger partial charge in [0.1, 0.15) is 17.4 Å². The predicted octanol–water partition coefficient (Wildman–Crippen LogP) is 3.50. The summed E-state index contributed by atoms with van der Waals surface area (Å²) in [5.41, 5.74) is 2.49. The molecular weight excluding hydrogens is 268 g/mol. The highest BCUT2D eigenvalue weighted by Gasteiger charge is 2.34. The Hall–Kier alpha value is -1.81. The van der Waals surface area contributed by atoms with E-state index in [1.807, 2.05) is 19.1 Å². The van der Waals surface area contributed by atoms with Gasteiger partial charge >= 0.3 is 0 Å². The molecule has 1 aromatic carbocycles. The van der Waals surface area contributed by atoms with Crippen LogP contribution in [0.15, 0.2) is 22.8 Å². The zero-order valence-electron chi connectivity index (χ0n) is 12.1. The van der Waals surface area contributed by atoms with Gasteiger partial charge in [0.05, 0.1) is 17.2 Å². The van der Waals surface area contributed by atoms with Gasteiger partial charge in [-0.25, -0.2) is 0 Å². The number of hydrogen-bond acceptors (Lipinski definition) is 4. The van der Waals surface area contributed by atoms with Crippen LogP contribution in [0.5, 0.6) is 5.75 Å². The van der Waals surface area contributed by atoms with Gasteiger partial charge in [0, 0.05) is 25.6 Å². The molecule has 0 spiro atoms. The van der Waals surface area contributed by atoms with Crippen LogP contribution >= 0.6 is 0 Å². The number of hydrogen-bond donors (Lipinski definition) is 0. The van der Waals surface area contributed by atoms with Crippen LogP contribution in [-0.2, 0) is 4.74 Å². The molecule has 0 aliphatic carbocycles. The Kier molecular flexibility index (Phi) is 3.00. The number of ketones is 1. The molecule has 2 aliphatic rings. The second-order valence-electron chi connectivity index (χ2n) is 5.97. The van der Waals surface area contributed by atoms with Gasteiger partial charge in [0.2, 0.25) is 0 Å². The van der Waals surface area contributed by atoms with Crippen molar-refractivity contribution in [2.24, 2.45) is 5.92 Å². The van der Waals surface area contributed by atoms with Crippen LogP contribution in [0.3, 0.4) is 0 Å². The molecule has 0 radical (unpaired) electrons. The molecule has 4 heteroatoms. The van der Waals surface area contributed by atoms with Crippen LogP contribution < -0.4 is 4.74 Å². The van der Waals surface area contributed by atoms with E-state index in [4.69, 9.17) is 13.9 Å². The molecule has 21 heavy (non-hydrogen) atoms. The number of Topliss-reactive ketones (excluding diaryl/α,β-unsaturated/α-hetero) is 1. The van der Waals surface area contributed by atoms with Crippen LogP contribution in [0.1, 0.15) is 35.2 Å². The number of fused-ring (bicyclic) bond motifs is 3. The third-order valence-electron chi connectivity index (χ3n) is 4.62. The zero-order valence-corrected chi connectivity index (χ0v) is 12.1. The normalized spacial score (nSPS) is 23.1. The molecule has 2 aliphatic heterocycles. The Morgan fingerprint density at radius 3 is 2.81 bits per heavy atom. The molecule has 0 bridgehead atoms. The Labute approximate surface area is 123 Å². The Morgan fingerprint density at radius 1 is 1.19 bits per heavy atom. The van der Waals surface area contributed by atoms with Gasteiger partial charge < -0.3 is 13.9 Å². The molecule has 1 saturated heterocycles. The molecule has 110 valence electrons. The van der Waals surface area contributed by atoms with Crippen molar-refractivity contribution in [3.8, 4) is 5.75 Å². The van der Waals surface area contributed by atoms with Crippen LogP contribution in [0.4, 0.5) is 0 Å². The monoisotopic (exact) mass is 286 g/mol. The lowest BCUT2D eigenvalue weighted by molar-refractivity contribution is 0.0125. The number of carbonyl (C=O) groups excluding carboxylic acids is 1. The molecular formula is C17H18O4. The first-order valence-corrected chi connectivity index (χ1v) is 7.52. The maximum atomic E-state index is 12.5. The maximum Gasteiger partial charge on any atom is 0.170 e. The van der Waals surface area contributed by atoms with Gasteiger partial charge in [0.25, 0.3) is 0 Å². The molecule has 1 fully saturated rings. The molecule has 1 atom stereocenters. The number of ether oxygens (including phenoxy) is 2. The highest BCUT2D eigenvalue weighted by molar-refractivity contribution is 6.06. The molecule has 0 saturated carbocycles. The van der Waals surface area contributed by atoms with Crippen LogP contribution in [0.2, 0.25) is 0 Å². The summed E-state index contributed by atoms with van der Waals surface area (Å²) in [6.07, 6.45) is 4.09. The standard InChI is InChI=1S/C17H18O4/c1-10-9-20-14-3-2-12-13(18)8-15(21-17(12)16(10)14)11-4-6-19-7-5-11/h2-3,9,11,15H,4-8H2,1H3. The van der Waals surface area contributed by atoms with Gasteiger partial charge in [-0.2, -0.15) is 0 Å². The number of aryl methyl sites for hydroxylation is 1. The van der Waals surface area contributed by atoms with Crippen molar-refractivity contribution in [3.05, 3.63) is 29.5 Å². The fourth-order valence-electron chi connectivity index (χ4n) is 3.43. The van der Waals surface area contributed by atoms with Gasteiger partial charge in [-0.1, -0.05) is 0 Å². The second-order valence-corrected chi connectivity index (χ2v) is 5.97. The van der Waals surface area contributed by atoms with Crippen LogP contribution in [0, 0.1) is 12.8 Å². The quantitative estimate of drug-likeness (QED) is 0.805. The molecule has 4 nitrogen and oxygen atoms in total. The van der Waals surface area contributed by atoms with Crippen molar-refractivity contribution in [2.45, 2.75) is 32.3 Å². The first-order valence-electron chi connectivity index (χ1n) is 7.52. The van der Waals surface area contributed by atoms with Gasteiger partial charge in [0.15, 0.2) is 5.78 Å². The number of furan rings is 1. The maximum absolute atomic E-state index is 12.5. The summed E-state index contributed by atoms with van der Waals surface area (Å²) in [6, 6.07) is 3.68. The summed E-state index contributed by atoms with van der Waals surface area (Å²) in [7, 11) is 0. The topological polar surface area (TPSA) is 48.7 Å². The summed E-state index contributed by atoms with van der Waals surface area (Å²) in [4.78, 5) is 12.5. The predicted molar refractivity (Wildman–Crippen MR) is 77.9 cm³/mol. The SMILES string of the molecule is Cc1coc2ccc3c(c12)OC(C1CCOCC1)CC3=O. The lowest BCUT2D eigenvalue weighted by atomic mass is 9.87. The molecule has 1 aromatic heterocycles. The average Bonchev–Trinajstić information content (AvgIpc) is 2.90. The van der Waals surface area contributed by atoms with E-state index in [0.717, 1.165) is 42.6 Å². The van der Waals surface area contributed by atoms with Crippen molar-refractivity contribution in [1.82, 2.24) is 0 Å². The highest BCUT2D eigenvalue weighted by Crippen LogP contribution is 2.40. The lowest BCUT2D eigenvalue weighted by Crippen LogP contribution is -2.36. The summed E-state index contributed by atoms with van der Waals surface area (Å²) < 4.78 is 17.2. The lowest BCUT2D eigenvalue weighted by Gasteiger charge is -2.33. The summed E-state index contributed by atoms with van der Waals surface area (Å²) >= 11 is 0. The van der Waals surface area contributed by atoms with Crippen molar-refractivity contribution < 1.29 is 18.7 Å². The molecule has 0 amide bonds. The van der Waals surface area contributed by atoms with E-state index < -0.39 is 0 Å². The van der Waals surface area contributed by atoms with E-state index in [0.29, 0.717) is 23.7 Å². The van der Waals surface area contributed by atoms with E-state index in [9.17, 15) is 4.79 Å². The first-order chi connectivity index (χ1) is 10.2. The molecule has 3 heterocycles. The Bertz CT molecular complexity index is 694. The molecule has 1 unspecified atom stereocenters. The van der Waals surface area contributed by atoms with Crippen LogP contribution in [0.25, 0.3) is 11.0 Å². The fraction of sp³-hybridized carbons (Fsp3) is 0.471.